The third kappa shape index (κ3) is 5.82. The molecule has 2 N–H and O–H groups in total. The predicted octanol–water partition coefficient (Wildman–Crippen LogP) is 13.9. The van der Waals surface area contributed by atoms with Gasteiger partial charge in [-0.3, -0.25) is 4.99 Å². The molecule has 1 unspecified atom stereocenters. The van der Waals surface area contributed by atoms with E-state index in [4.69, 9.17) is 10.7 Å². The molecule has 0 aliphatic heterocycles. The Labute approximate surface area is 342 Å². The highest BCUT2D eigenvalue weighted by atomic mass is 14.9. The quantitative estimate of drug-likeness (QED) is 0.128. The summed E-state index contributed by atoms with van der Waals surface area (Å²) in [4.78, 5) is 5.17. The molecule has 0 radical (unpaired) electrons. The molecule has 280 valence electrons. The van der Waals surface area contributed by atoms with Crippen molar-refractivity contribution in [3.8, 4) is 44.5 Å². The molecule has 58 heavy (non-hydrogen) atoms. The van der Waals surface area contributed by atoms with Crippen molar-refractivity contribution in [3.05, 3.63) is 221 Å². The zero-order valence-electron chi connectivity index (χ0n) is 33.5. The number of aliphatic imine (C=N–C) groups is 1. The van der Waals surface area contributed by atoms with Crippen LogP contribution in [0.5, 0.6) is 0 Å². The zero-order chi connectivity index (χ0) is 39.6. The van der Waals surface area contributed by atoms with E-state index in [1.54, 1.807) is 0 Å². The van der Waals surface area contributed by atoms with Crippen LogP contribution in [0.4, 0.5) is 0 Å². The average Bonchev–Trinajstić information content (AvgIpc) is 3.64. The van der Waals surface area contributed by atoms with Crippen molar-refractivity contribution in [2.45, 2.75) is 44.6 Å². The largest absolute Gasteiger partial charge is 0.383 e. The van der Waals surface area contributed by atoms with Crippen LogP contribution in [0.1, 0.15) is 72.7 Å². The topological polar surface area (TPSA) is 38.4 Å². The van der Waals surface area contributed by atoms with Gasteiger partial charge in [-0.15, -0.1) is 0 Å². The van der Waals surface area contributed by atoms with Crippen LogP contribution in [-0.2, 0) is 10.8 Å². The van der Waals surface area contributed by atoms with Gasteiger partial charge < -0.3 is 5.73 Å². The number of nitrogens with zero attached hydrogens (tertiary/aromatic N) is 1. The Balaban J connectivity index is 1.01. The number of benzene rings is 8. The Morgan fingerprint density at radius 2 is 1.14 bits per heavy atom. The standard InChI is InChI=1S/C56H46N2/c1-55(2)49-26-14-22-43(52(49)47-34-39-17-8-9-18-40(39)35-50(47)55)37-30-27-36(28-31-37)29-32-51(58-54(57)38-15-6-5-7-16-38)42-20-12-19-41(33-42)44-23-13-24-46-45-21-10-11-25-48(45)56(3,4)53(44)46/h5-35,51H,1-4H3,(H2,57,58)/b32-29+. The molecule has 2 aliphatic carbocycles. The second-order valence-corrected chi connectivity index (χ2v) is 16.9. The number of nitrogens with two attached hydrogens (primary N) is 1. The van der Waals surface area contributed by atoms with Gasteiger partial charge >= 0.3 is 0 Å². The molecule has 0 saturated carbocycles. The van der Waals surface area contributed by atoms with Crippen LogP contribution in [-0.4, -0.2) is 5.84 Å². The van der Waals surface area contributed by atoms with Crippen LogP contribution in [0.2, 0.25) is 0 Å². The van der Waals surface area contributed by atoms with Crippen LogP contribution in [0.25, 0.3) is 61.4 Å². The molecule has 0 spiro atoms. The molecule has 10 rings (SSSR count). The monoisotopic (exact) mass is 746 g/mol. The van der Waals surface area contributed by atoms with Gasteiger partial charge in [0.2, 0.25) is 0 Å². The van der Waals surface area contributed by atoms with E-state index in [0.717, 1.165) is 16.7 Å². The predicted molar refractivity (Wildman–Crippen MR) is 245 cm³/mol. The SMILES string of the molecule is CC1(C)c2cc3ccccc3cc2-c2c(-c3ccc(/C=C/C(N=C(N)c4ccccc4)c4cccc(-c5cccc6c5C(C)(C)c5ccccc5-6)c4)cc3)cccc21. The van der Waals surface area contributed by atoms with Gasteiger partial charge in [0.1, 0.15) is 5.84 Å². The third-order valence-electron chi connectivity index (χ3n) is 12.7. The summed E-state index contributed by atoms with van der Waals surface area (Å²) in [6, 6.07) is 63.4. The first kappa shape index (κ1) is 35.6. The van der Waals surface area contributed by atoms with Crippen LogP contribution in [0.15, 0.2) is 187 Å². The average molecular weight is 747 g/mol. The molecule has 2 nitrogen and oxygen atoms in total. The molecule has 8 aromatic carbocycles. The van der Waals surface area contributed by atoms with E-state index in [-0.39, 0.29) is 16.9 Å². The van der Waals surface area contributed by atoms with Gasteiger partial charge in [0.25, 0.3) is 0 Å². The molecule has 0 saturated heterocycles. The fourth-order valence-electron chi connectivity index (χ4n) is 9.73. The molecule has 0 bridgehead atoms. The third-order valence-corrected chi connectivity index (χ3v) is 12.7. The second-order valence-electron chi connectivity index (χ2n) is 16.9. The lowest BCUT2D eigenvalue weighted by Crippen LogP contribution is -2.16. The van der Waals surface area contributed by atoms with Crippen LogP contribution in [0.3, 0.4) is 0 Å². The fourth-order valence-corrected chi connectivity index (χ4v) is 9.73. The highest BCUT2D eigenvalue weighted by Gasteiger charge is 2.38. The second kappa shape index (κ2) is 13.7. The molecule has 0 fully saturated rings. The summed E-state index contributed by atoms with van der Waals surface area (Å²) >= 11 is 0. The molecular weight excluding hydrogens is 701 g/mol. The Bertz CT molecular complexity index is 2940. The van der Waals surface area contributed by atoms with Crippen molar-refractivity contribution in [2.75, 3.05) is 0 Å². The van der Waals surface area contributed by atoms with Gasteiger partial charge in [0, 0.05) is 16.4 Å². The lowest BCUT2D eigenvalue weighted by molar-refractivity contribution is 0.661. The minimum absolute atomic E-state index is 0.0798. The van der Waals surface area contributed by atoms with Gasteiger partial charge in [-0.1, -0.05) is 198 Å². The Hall–Kier alpha value is -6.77. The molecule has 2 heteroatoms. The van der Waals surface area contributed by atoms with Crippen LogP contribution >= 0.6 is 0 Å². The summed E-state index contributed by atoms with van der Waals surface area (Å²) in [5, 5.41) is 2.57. The lowest BCUT2D eigenvalue weighted by Gasteiger charge is -2.25. The van der Waals surface area contributed by atoms with Crippen molar-refractivity contribution in [1.82, 2.24) is 0 Å². The lowest BCUT2D eigenvalue weighted by atomic mass is 9.78. The first-order valence-corrected chi connectivity index (χ1v) is 20.4. The minimum atomic E-state index is -0.298. The molecule has 0 heterocycles. The van der Waals surface area contributed by atoms with E-state index in [0.29, 0.717) is 5.84 Å². The van der Waals surface area contributed by atoms with Crippen molar-refractivity contribution < 1.29 is 0 Å². The Kier molecular flexibility index (Phi) is 8.42. The maximum absolute atomic E-state index is 6.74. The van der Waals surface area contributed by atoms with Crippen molar-refractivity contribution >= 4 is 22.7 Å². The van der Waals surface area contributed by atoms with Gasteiger partial charge in [0.15, 0.2) is 0 Å². The summed E-state index contributed by atoms with van der Waals surface area (Å²) in [5.74, 6) is 0.516. The maximum atomic E-state index is 6.74. The molecular formula is C56H46N2. The summed E-state index contributed by atoms with van der Waals surface area (Å²) in [6.45, 7) is 9.41. The Morgan fingerprint density at radius 1 is 0.500 bits per heavy atom. The first-order valence-electron chi connectivity index (χ1n) is 20.4. The Morgan fingerprint density at radius 3 is 1.95 bits per heavy atom. The first-order chi connectivity index (χ1) is 28.2. The molecule has 2 aliphatic rings. The van der Waals surface area contributed by atoms with Crippen molar-refractivity contribution in [2.24, 2.45) is 10.7 Å². The number of hydrogen-bond donors (Lipinski definition) is 1. The van der Waals surface area contributed by atoms with E-state index in [1.807, 2.05) is 30.3 Å². The van der Waals surface area contributed by atoms with Gasteiger partial charge in [-0.05, 0) is 107 Å². The minimum Gasteiger partial charge on any atom is -0.383 e. The van der Waals surface area contributed by atoms with Crippen molar-refractivity contribution in [1.29, 1.82) is 0 Å². The summed E-state index contributed by atoms with van der Waals surface area (Å²) < 4.78 is 0. The van der Waals surface area contributed by atoms with Crippen LogP contribution in [0, 0.1) is 0 Å². The van der Waals surface area contributed by atoms with Gasteiger partial charge in [-0.25, -0.2) is 0 Å². The maximum Gasteiger partial charge on any atom is 0.126 e. The number of amidine groups is 1. The summed E-state index contributed by atoms with van der Waals surface area (Å²) in [7, 11) is 0. The number of fused-ring (bicyclic) bond motifs is 7. The fraction of sp³-hybridized carbons (Fsp3) is 0.125. The van der Waals surface area contributed by atoms with E-state index < -0.39 is 0 Å². The molecule has 0 amide bonds. The van der Waals surface area contributed by atoms with E-state index in [9.17, 15) is 0 Å². The van der Waals surface area contributed by atoms with Crippen molar-refractivity contribution in [3.63, 3.8) is 0 Å². The highest BCUT2D eigenvalue weighted by Crippen LogP contribution is 2.54. The summed E-state index contributed by atoms with van der Waals surface area (Å²) in [5.41, 5.74) is 25.4. The highest BCUT2D eigenvalue weighted by molar-refractivity contribution is 5.99. The van der Waals surface area contributed by atoms with E-state index >= 15 is 0 Å². The smallest absolute Gasteiger partial charge is 0.126 e. The number of rotatable bonds is 7. The molecule has 1 atom stereocenters. The summed E-state index contributed by atoms with van der Waals surface area (Å²) in [6.07, 6.45) is 4.37. The van der Waals surface area contributed by atoms with Gasteiger partial charge in [-0.2, -0.15) is 0 Å². The van der Waals surface area contributed by atoms with Crippen LogP contribution < -0.4 is 5.73 Å². The zero-order valence-corrected chi connectivity index (χ0v) is 33.5. The van der Waals surface area contributed by atoms with Gasteiger partial charge in [0.05, 0.1) is 6.04 Å². The number of hydrogen-bond acceptors (Lipinski definition) is 1. The normalized spacial score (nSPS) is 15.2. The van der Waals surface area contributed by atoms with E-state index in [2.05, 4.69) is 185 Å². The molecule has 0 aromatic heterocycles. The molecule has 8 aromatic rings. The van der Waals surface area contributed by atoms with E-state index in [1.165, 1.54) is 77.5 Å².